The van der Waals surface area contributed by atoms with E-state index in [0.717, 1.165) is 11.4 Å². The van der Waals surface area contributed by atoms with Crippen LogP contribution in [0.2, 0.25) is 0 Å². The van der Waals surface area contributed by atoms with Crippen LogP contribution in [0.5, 0.6) is 0 Å². The van der Waals surface area contributed by atoms with Gasteiger partial charge in [0, 0.05) is 18.3 Å². The summed E-state index contributed by atoms with van der Waals surface area (Å²) in [5.41, 5.74) is 4.25. The summed E-state index contributed by atoms with van der Waals surface area (Å²) in [6.45, 7) is 8.14. The SMILES string of the molecule is Cc1cc(C)cc(-n2nc(NC(=O)NCC[C@H](C)O)cc2C)c1. The van der Waals surface area contributed by atoms with E-state index >= 15 is 0 Å². The summed E-state index contributed by atoms with van der Waals surface area (Å²) in [6.07, 6.45) is 0.0880. The molecule has 0 aliphatic rings. The zero-order valence-corrected chi connectivity index (χ0v) is 14.1. The number of aliphatic hydroxyl groups is 1. The summed E-state index contributed by atoms with van der Waals surface area (Å²) in [5, 5.41) is 19.0. The summed E-state index contributed by atoms with van der Waals surface area (Å²) in [7, 11) is 0. The molecule has 0 spiro atoms. The average molecular weight is 316 g/mol. The monoisotopic (exact) mass is 316 g/mol. The molecule has 2 rings (SSSR count). The number of urea groups is 1. The van der Waals surface area contributed by atoms with Crippen molar-refractivity contribution >= 4 is 11.8 Å². The van der Waals surface area contributed by atoms with E-state index in [2.05, 4.69) is 33.9 Å². The molecule has 0 fully saturated rings. The minimum Gasteiger partial charge on any atom is -0.393 e. The van der Waals surface area contributed by atoms with Gasteiger partial charge in [0.15, 0.2) is 5.82 Å². The van der Waals surface area contributed by atoms with Crippen LogP contribution in [0.25, 0.3) is 5.69 Å². The largest absolute Gasteiger partial charge is 0.393 e. The number of amides is 2. The van der Waals surface area contributed by atoms with E-state index in [-0.39, 0.29) is 6.03 Å². The molecule has 0 aliphatic carbocycles. The Hall–Kier alpha value is -2.34. The van der Waals surface area contributed by atoms with E-state index in [0.29, 0.717) is 18.8 Å². The number of nitrogens with one attached hydrogen (secondary N) is 2. The fourth-order valence-corrected chi connectivity index (χ4v) is 2.42. The lowest BCUT2D eigenvalue weighted by atomic mass is 10.1. The summed E-state index contributed by atoms with van der Waals surface area (Å²) < 4.78 is 1.81. The number of benzene rings is 1. The fraction of sp³-hybridized carbons (Fsp3) is 0.412. The van der Waals surface area contributed by atoms with Gasteiger partial charge in [-0.2, -0.15) is 0 Å². The molecule has 0 saturated carbocycles. The molecule has 1 aromatic heterocycles. The van der Waals surface area contributed by atoms with Gasteiger partial charge in [-0.3, -0.25) is 5.32 Å². The van der Waals surface area contributed by atoms with Gasteiger partial charge < -0.3 is 10.4 Å². The third kappa shape index (κ3) is 4.82. The predicted octanol–water partition coefficient (Wildman–Crippen LogP) is 2.69. The van der Waals surface area contributed by atoms with E-state index in [1.807, 2.05) is 31.5 Å². The highest BCUT2D eigenvalue weighted by atomic mass is 16.3. The summed E-state index contributed by atoms with van der Waals surface area (Å²) in [6, 6.07) is 7.72. The van der Waals surface area contributed by atoms with Gasteiger partial charge in [-0.05, 0) is 57.4 Å². The molecule has 1 atom stereocenters. The molecule has 0 aliphatic heterocycles. The van der Waals surface area contributed by atoms with E-state index < -0.39 is 6.10 Å². The van der Waals surface area contributed by atoms with E-state index in [1.54, 1.807) is 6.92 Å². The molecule has 0 radical (unpaired) electrons. The van der Waals surface area contributed by atoms with Crippen LogP contribution in [0.1, 0.15) is 30.2 Å². The van der Waals surface area contributed by atoms with Gasteiger partial charge >= 0.3 is 6.03 Å². The van der Waals surface area contributed by atoms with E-state index in [9.17, 15) is 9.90 Å². The van der Waals surface area contributed by atoms with Crippen LogP contribution in [0, 0.1) is 20.8 Å². The van der Waals surface area contributed by atoms with Crippen molar-refractivity contribution in [3.63, 3.8) is 0 Å². The number of aliphatic hydroxyl groups excluding tert-OH is 1. The van der Waals surface area contributed by atoms with Gasteiger partial charge in [-0.1, -0.05) is 6.07 Å². The van der Waals surface area contributed by atoms with Gasteiger partial charge in [0.2, 0.25) is 0 Å². The number of anilines is 1. The number of nitrogens with zero attached hydrogens (tertiary/aromatic N) is 2. The smallest absolute Gasteiger partial charge is 0.320 e. The van der Waals surface area contributed by atoms with Crippen molar-refractivity contribution in [1.29, 1.82) is 0 Å². The maximum atomic E-state index is 11.8. The maximum Gasteiger partial charge on any atom is 0.320 e. The first-order valence-electron chi connectivity index (χ1n) is 7.73. The van der Waals surface area contributed by atoms with Crippen LogP contribution < -0.4 is 10.6 Å². The molecule has 23 heavy (non-hydrogen) atoms. The molecular weight excluding hydrogens is 292 g/mol. The number of carbonyl (C=O) groups excluding carboxylic acids is 1. The van der Waals surface area contributed by atoms with Gasteiger partial charge in [0.05, 0.1) is 11.8 Å². The second-order valence-corrected chi connectivity index (χ2v) is 5.95. The summed E-state index contributed by atoms with van der Waals surface area (Å²) in [4.78, 5) is 11.8. The molecule has 2 amide bonds. The number of hydrogen-bond donors (Lipinski definition) is 3. The van der Waals surface area contributed by atoms with Crippen LogP contribution in [0.3, 0.4) is 0 Å². The zero-order chi connectivity index (χ0) is 17.0. The van der Waals surface area contributed by atoms with Gasteiger partial charge in [-0.25, -0.2) is 9.48 Å². The lowest BCUT2D eigenvalue weighted by Crippen LogP contribution is -2.31. The predicted molar refractivity (Wildman–Crippen MR) is 91.1 cm³/mol. The van der Waals surface area contributed by atoms with Crippen molar-refractivity contribution < 1.29 is 9.90 Å². The van der Waals surface area contributed by atoms with Crippen LogP contribution in [-0.2, 0) is 0 Å². The topological polar surface area (TPSA) is 79.2 Å². The van der Waals surface area contributed by atoms with Crippen LogP contribution in [0.15, 0.2) is 24.3 Å². The lowest BCUT2D eigenvalue weighted by Gasteiger charge is -2.08. The molecule has 2 aromatic rings. The molecule has 1 aromatic carbocycles. The zero-order valence-electron chi connectivity index (χ0n) is 14.1. The lowest BCUT2D eigenvalue weighted by molar-refractivity contribution is 0.184. The molecule has 124 valence electrons. The Kier molecular flexibility index (Phi) is 5.39. The van der Waals surface area contributed by atoms with Crippen molar-refractivity contribution in [2.75, 3.05) is 11.9 Å². The third-order valence-corrected chi connectivity index (χ3v) is 3.43. The summed E-state index contributed by atoms with van der Waals surface area (Å²) in [5.74, 6) is 0.496. The highest BCUT2D eigenvalue weighted by molar-refractivity contribution is 5.88. The minimum atomic E-state index is -0.429. The molecular formula is C17H24N4O2. The number of hydrogen-bond acceptors (Lipinski definition) is 3. The van der Waals surface area contributed by atoms with E-state index in [1.165, 1.54) is 11.1 Å². The van der Waals surface area contributed by atoms with Gasteiger partial charge in [-0.15, -0.1) is 5.10 Å². The Morgan fingerprint density at radius 1 is 1.22 bits per heavy atom. The number of aryl methyl sites for hydroxylation is 3. The molecule has 6 nitrogen and oxygen atoms in total. The first-order chi connectivity index (χ1) is 10.8. The quantitative estimate of drug-likeness (QED) is 0.793. The standard InChI is InChI=1S/C17H24N4O2/c1-11-7-12(2)9-15(8-11)21-13(3)10-16(20-21)19-17(23)18-6-5-14(4)22/h7-10,14,22H,5-6H2,1-4H3,(H2,18,19,20,23)/t14-/m0/s1. The van der Waals surface area contributed by atoms with Crippen LogP contribution >= 0.6 is 0 Å². The first-order valence-corrected chi connectivity index (χ1v) is 7.73. The fourth-order valence-electron chi connectivity index (χ4n) is 2.42. The molecule has 0 bridgehead atoms. The third-order valence-electron chi connectivity index (χ3n) is 3.43. The van der Waals surface area contributed by atoms with Crippen LogP contribution in [0.4, 0.5) is 10.6 Å². The van der Waals surface area contributed by atoms with E-state index in [4.69, 9.17) is 0 Å². The second-order valence-electron chi connectivity index (χ2n) is 5.95. The first kappa shape index (κ1) is 17.0. The van der Waals surface area contributed by atoms with Gasteiger partial charge in [0.25, 0.3) is 0 Å². The van der Waals surface area contributed by atoms with Crippen LogP contribution in [-0.4, -0.2) is 33.6 Å². The second kappa shape index (κ2) is 7.28. The van der Waals surface area contributed by atoms with Crippen molar-refractivity contribution in [1.82, 2.24) is 15.1 Å². The maximum absolute atomic E-state index is 11.8. The Morgan fingerprint density at radius 2 is 1.87 bits per heavy atom. The van der Waals surface area contributed by atoms with Crippen molar-refractivity contribution in [2.24, 2.45) is 0 Å². The van der Waals surface area contributed by atoms with Crippen molar-refractivity contribution in [2.45, 2.75) is 40.2 Å². The molecule has 6 heteroatoms. The average Bonchev–Trinajstić information content (AvgIpc) is 2.77. The highest BCUT2D eigenvalue weighted by Crippen LogP contribution is 2.17. The Morgan fingerprint density at radius 3 is 2.48 bits per heavy atom. The number of carbonyl (C=O) groups is 1. The van der Waals surface area contributed by atoms with Crippen molar-refractivity contribution in [3.8, 4) is 5.69 Å². The molecule has 3 N–H and O–H groups in total. The molecule has 0 unspecified atom stereocenters. The molecule has 0 saturated heterocycles. The number of aromatic nitrogens is 2. The Balaban J connectivity index is 2.07. The highest BCUT2D eigenvalue weighted by Gasteiger charge is 2.10. The Bertz CT molecular complexity index is 672. The normalized spacial score (nSPS) is 12.0. The summed E-state index contributed by atoms with van der Waals surface area (Å²) >= 11 is 0. The molecule has 1 heterocycles. The minimum absolute atomic E-state index is 0.323. The Labute approximate surface area is 136 Å². The van der Waals surface area contributed by atoms with Gasteiger partial charge in [0.1, 0.15) is 0 Å². The van der Waals surface area contributed by atoms with Crippen molar-refractivity contribution in [3.05, 3.63) is 41.1 Å². The number of rotatable bonds is 5.